The Morgan fingerprint density at radius 1 is 0.979 bits per heavy atom. The first-order valence-corrected chi connectivity index (χ1v) is 16.7. The van der Waals surface area contributed by atoms with E-state index in [1.165, 1.54) is 0 Å². The van der Waals surface area contributed by atoms with Gasteiger partial charge < -0.3 is 39.2 Å². The third-order valence-corrected chi connectivity index (χ3v) is 8.22. The second-order valence-electron chi connectivity index (χ2n) is 13.1. The van der Waals surface area contributed by atoms with Crippen molar-refractivity contribution in [1.82, 2.24) is 15.1 Å². The van der Waals surface area contributed by atoms with E-state index in [0.717, 1.165) is 19.3 Å². The predicted molar refractivity (Wildman–Crippen MR) is 172 cm³/mol. The Labute approximate surface area is 277 Å². The van der Waals surface area contributed by atoms with Gasteiger partial charge in [-0.1, -0.05) is 12.1 Å². The molecule has 13 heteroatoms. The normalized spacial score (nSPS) is 18.0. The molecule has 1 aromatic carbocycles. The second kappa shape index (κ2) is 19.4. The lowest BCUT2D eigenvalue weighted by Crippen LogP contribution is -2.46. The van der Waals surface area contributed by atoms with E-state index in [9.17, 15) is 28.7 Å². The minimum atomic E-state index is -1.05. The molecular formula is C34H52FN3O9. The van der Waals surface area contributed by atoms with Crippen LogP contribution in [0, 0.1) is 11.8 Å². The quantitative estimate of drug-likeness (QED) is 0.232. The molecule has 264 valence electrons. The average molecular weight is 665 g/mol. The Balaban J connectivity index is 1.46. The van der Waals surface area contributed by atoms with Gasteiger partial charge in [-0.15, -0.1) is 0 Å². The average Bonchev–Trinajstić information content (AvgIpc) is 3.04. The summed E-state index contributed by atoms with van der Waals surface area (Å²) in [6, 6.07) is 6.15. The number of nitrogens with zero attached hydrogens (tertiary/aromatic N) is 2. The van der Waals surface area contributed by atoms with Gasteiger partial charge in [0.1, 0.15) is 24.6 Å². The van der Waals surface area contributed by atoms with Gasteiger partial charge in [0.15, 0.2) is 0 Å². The minimum Gasteiger partial charge on any atom is -0.491 e. The van der Waals surface area contributed by atoms with E-state index in [-0.39, 0.29) is 37.5 Å². The molecule has 0 aliphatic carbocycles. The summed E-state index contributed by atoms with van der Waals surface area (Å²) in [5.74, 6) is -0.903. The van der Waals surface area contributed by atoms with Crippen molar-refractivity contribution < 1.29 is 47.6 Å². The van der Waals surface area contributed by atoms with Gasteiger partial charge in [-0.05, 0) is 76.5 Å². The van der Waals surface area contributed by atoms with Crippen molar-refractivity contribution in [1.29, 1.82) is 0 Å². The summed E-state index contributed by atoms with van der Waals surface area (Å²) >= 11 is 0. The molecule has 1 unspecified atom stereocenters. The molecule has 2 aliphatic rings. The number of carbonyl (C=O) groups excluding carboxylic acids is 3. The molecule has 0 spiro atoms. The number of ether oxygens (including phenoxy) is 4. The van der Waals surface area contributed by atoms with Crippen LogP contribution in [0.3, 0.4) is 0 Å². The van der Waals surface area contributed by atoms with Crippen LogP contribution in [0.15, 0.2) is 24.3 Å². The van der Waals surface area contributed by atoms with Crippen LogP contribution in [0.2, 0.25) is 0 Å². The number of halogens is 1. The number of piperidine rings is 2. The first-order chi connectivity index (χ1) is 22.4. The van der Waals surface area contributed by atoms with Gasteiger partial charge >= 0.3 is 12.1 Å². The smallest absolute Gasteiger partial charge is 0.410 e. The summed E-state index contributed by atoms with van der Waals surface area (Å²) in [5.41, 5.74) is 0.0629. The van der Waals surface area contributed by atoms with Crippen LogP contribution in [0.1, 0.15) is 77.3 Å². The molecule has 2 N–H and O–H groups in total. The predicted octanol–water partition coefficient (Wildman–Crippen LogP) is 4.37. The standard InChI is InChI=1S/C34H52FN3O9/c1-34(2,3)47-33(43)37-15-11-25(12-16-37)9-10-30(39)38-14-5-7-27(24-38)32(42)36-29(23-31(40)41)26-6-4-8-28(22-26)46-21-20-45-19-18-44-17-13-35/h4,6,8,22,25,27,29H,5,7,9-21,23-24H2,1-3H3,(H,36,42)(H,40,41)/t27-,29?/m1/s1/i35-1. The van der Waals surface area contributed by atoms with Crippen LogP contribution < -0.4 is 10.1 Å². The summed E-state index contributed by atoms with van der Waals surface area (Å²) in [6.45, 7) is 8.30. The van der Waals surface area contributed by atoms with E-state index in [1.54, 1.807) is 34.1 Å². The third kappa shape index (κ3) is 14.1. The van der Waals surface area contributed by atoms with Crippen molar-refractivity contribution in [2.45, 2.75) is 77.4 Å². The van der Waals surface area contributed by atoms with Gasteiger partial charge in [0.2, 0.25) is 11.8 Å². The highest BCUT2D eigenvalue weighted by atomic mass is 18.2. The molecule has 2 aliphatic heterocycles. The number of hydrogen-bond donors (Lipinski definition) is 2. The molecule has 0 saturated carbocycles. The van der Waals surface area contributed by atoms with Gasteiger partial charge in [0.25, 0.3) is 0 Å². The molecule has 0 aromatic heterocycles. The lowest BCUT2D eigenvalue weighted by Gasteiger charge is -2.35. The molecule has 3 rings (SSSR count). The maximum Gasteiger partial charge on any atom is 0.410 e. The van der Waals surface area contributed by atoms with E-state index >= 15 is 0 Å². The molecule has 3 amide bonds. The van der Waals surface area contributed by atoms with Crippen LogP contribution in [0.5, 0.6) is 5.75 Å². The van der Waals surface area contributed by atoms with E-state index in [2.05, 4.69) is 5.32 Å². The number of hydrogen-bond acceptors (Lipinski definition) is 8. The van der Waals surface area contributed by atoms with Crippen molar-refractivity contribution in [2.24, 2.45) is 11.8 Å². The Bertz CT molecular complexity index is 1150. The molecule has 2 atom stereocenters. The van der Waals surface area contributed by atoms with Gasteiger partial charge in [0, 0.05) is 32.6 Å². The van der Waals surface area contributed by atoms with Crippen LogP contribution >= 0.6 is 0 Å². The molecule has 47 heavy (non-hydrogen) atoms. The Kier molecular flexibility index (Phi) is 15.7. The van der Waals surface area contributed by atoms with Crippen LogP contribution in [-0.4, -0.2) is 110 Å². The number of rotatable bonds is 17. The Hall–Kier alpha value is -3.45. The Morgan fingerprint density at radius 3 is 2.36 bits per heavy atom. The number of aliphatic carboxylic acids is 1. The van der Waals surface area contributed by atoms with Crippen molar-refractivity contribution in [3.8, 4) is 5.75 Å². The topological polar surface area (TPSA) is 144 Å². The molecular weight excluding hydrogens is 612 g/mol. The van der Waals surface area contributed by atoms with Gasteiger partial charge in [-0.25, -0.2) is 9.18 Å². The van der Waals surface area contributed by atoms with Crippen molar-refractivity contribution in [3.63, 3.8) is 0 Å². The van der Waals surface area contributed by atoms with Crippen molar-refractivity contribution >= 4 is 23.9 Å². The highest BCUT2D eigenvalue weighted by molar-refractivity contribution is 5.82. The first kappa shape index (κ1) is 38.0. The van der Waals surface area contributed by atoms with E-state index in [0.29, 0.717) is 82.5 Å². The van der Waals surface area contributed by atoms with Gasteiger partial charge in [-0.3, -0.25) is 14.4 Å². The first-order valence-electron chi connectivity index (χ1n) is 16.7. The number of nitrogens with one attached hydrogen (secondary N) is 1. The Morgan fingerprint density at radius 2 is 1.68 bits per heavy atom. The lowest BCUT2D eigenvalue weighted by atomic mass is 9.91. The van der Waals surface area contributed by atoms with Crippen LogP contribution in [0.25, 0.3) is 0 Å². The zero-order chi connectivity index (χ0) is 34.2. The van der Waals surface area contributed by atoms with Crippen molar-refractivity contribution in [2.75, 3.05) is 65.9 Å². The molecule has 0 radical (unpaired) electrons. The summed E-state index contributed by atoms with van der Waals surface area (Å²) in [7, 11) is 0. The fraction of sp³-hybridized carbons (Fsp3) is 0.706. The summed E-state index contributed by atoms with van der Waals surface area (Å²) < 4.78 is 33.7. The van der Waals surface area contributed by atoms with E-state index in [4.69, 9.17) is 18.9 Å². The summed E-state index contributed by atoms with van der Waals surface area (Å²) in [5, 5.41) is 12.5. The maximum absolute atomic E-state index is 13.4. The zero-order valence-corrected chi connectivity index (χ0v) is 28.0. The number of carbonyl (C=O) groups is 4. The molecule has 2 fully saturated rings. The minimum absolute atomic E-state index is 0.0141. The largest absolute Gasteiger partial charge is 0.491 e. The number of alkyl halides is 1. The van der Waals surface area contributed by atoms with Crippen LogP contribution in [0.4, 0.5) is 9.18 Å². The van der Waals surface area contributed by atoms with E-state index < -0.39 is 30.2 Å². The van der Waals surface area contributed by atoms with Crippen molar-refractivity contribution in [3.05, 3.63) is 29.8 Å². The zero-order valence-electron chi connectivity index (χ0n) is 28.0. The molecule has 12 nitrogen and oxygen atoms in total. The number of benzene rings is 1. The number of amides is 3. The summed E-state index contributed by atoms with van der Waals surface area (Å²) in [6.07, 6.45) is 3.45. The number of carboxylic acid groups (broad SMARTS) is 1. The third-order valence-electron chi connectivity index (χ3n) is 8.22. The maximum atomic E-state index is 13.4. The lowest BCUT2D eigenvalue weighted by molar-refractivity contribution is -0.138. The highest BCUT2D eigenvalue weighted by Gasteiger charge is 2.32. The monoisotopic (exact) mass is 664 g/mol. The van der Waals surface area contributed by atoms with E-state index in [1.807, 2.05) is 20.8 Å². The van der Waals surface area contributed by atoms with Gasteiger partial charge in [-0.2, -0.15) is 0 Å². The second-order valence-corrected chi connectivity index (χ2v) is 13.1. The fourth-order valence-corrected chi connectivity index (χ4v) is 5.77. The highest BCUT2D eigenvalue weighted by Crippen LogP contribution is 2.27. The SMILES string of the molecule is CC(C)(C)OC(=O)N1CCC(CCC(=O)N2CCC[C@@H](C(=O)NC(CC(=O)O)c3cccc(OCCOCCOCC[18F])c3)C2)CC1. The molecule has 0 bridgehead atoms. The number of carboxylic acids is 1. The molecule has 2 saturated heterocycles. The van der Waals surface area contributed by atoms with Crippen LogP contribution in [-0.2, 0) is 28.6 Å². The number of likely N-dealkylation sites (tertiary alicyclic amines) is 2. The summed E-state index contributed by atoms with van der Waals surface area (Å²) in [4.78, 5) is 54.0. The van der Waals surface area contributed by atoms with Gasteiger partial charge in [0.05, 0.1) is 44.8 Å². The molecule has 1 aromatic rings. The fourth-order valence-electron chi connectivity index (χ4n) is 5.77. The molecule has 2 heterocycles.